The van der Waals surface area contributed by atoms with Gasteiger partial charge in [-0.05, 0) is 49.7 Å². The zero-order valence-corrected chi connectivity index (χ0v) is 14.4. The average molecular weight is 348 g/mol. The third-order valence-electron chi connectivity index (χ3n) is 3.37. The highest BCUT2D eigenvalue weighted by atomic mass is 79.9. The van der Waals surface area contributed by atoms with Gasteiger partial charge in [0.2, 0.25) is 0 Å². The number of hydrogen-bond acceptors (Lipinski definition) is 2. The molecule has 2 nitrogen and oxygen atoms in total. The Labute approximate surface area is 135 Å². The van der Waals surface area contributed by atoms with Crippen molar-refractivity contribution < 1.29 is 4.74 Å². The molecule has 0 fully saturated rings. The van der Waals surface area contributed by atoms with Crippen molar-refractivity contribution in [3.05, 3.63) is 63.6 Å². The molecule has 21 heavy (non-hydrogen) atoms. The second-order valence-electron chi connectivity index (χ2n) is 5.02. The van der Waals surface area contributed by atoms with Gasteiger partial charge in [0.05, 0.1) is 12.6 Å². The van der Waals surface area contributed by atoms with E-state index in [-0.39, 0.29) is 6.04 Å². The van der Waals surface area contributed by atoms with E-state index in [1.807, 2.05) is 19.1 Å². The van der Waals surface area contributed by atoms with Crippen molar-refractivity contribution in [2.24, 2.45) is 0 Å². The summed E-state index contributed by atoms with van der Waals surface area (Å²) in [4.78, 5) is 0. The summed E-state index contributed by atoms with van der Waals surface area (Å²) in [5.41, 5.74) is 3.73. The van der Waals surface area contributed by atoms with E-state index in [1.165, 1.54) is 16.7 Å². The fourth-order valence-corrected chi connectivity index (χ4v) is 2.92. The fourth-order valence-electron chi connectivity index (χ4n) is 2.45. The van der Waals surface area contributed by atoms with Gasteiger partial charge in [-0.3, -0.25) is 0 Å². The summed E-state index contributed by atoms with van der Waals surface area (Å²) in [5.74, 6) is 0.918. The molecule has 0 saturated heterocycles. The quantitative estimate of drug-likeness (QED) is 0.805. The Morgan fingerprint density at radius 2 is 1.95 bits per heavy atom. The van der Waals surface area contributed by atoms with E-state index < -0.39 is 0 Å². The Morgan fingerprint density at radius 1 is 1.14 bits per heavy atom. The highest BCUT2D eigenvalue weighted by Crippen LogP contribution is 2.31. The normalized spacial score (nSPS) is 12.2. The van der Waals surface area contributed by atoms with Crippen molar-refractivity contribution in [2.75, 3.05) is 13.2 Å². The highest BCUT2D eigenvalue weighted by Gasteiger charge is 2.16. The van der Waals surface area contributed by atoms with Crippen LogP contribution in [0, 0.1) is 6.92 Å². The first-order valence-electron chi connectivity index (χ1n) is 7.37. The summed E-state index contributed by atoms with van der Waals surface area (Å²) in [6, 6.07) is 14.9. The Balaban J connectivity index is 2.42. The number of nitrogens with one attached hydrogen (secondary N) is 1. The van der Waals surface area contributed by atoms with E-state index in [0.717, 1.165) is 16.8 Å². The molecule has 2 rings (SSSR count). The van der Waals surface area contributed by atoms with Crippen molar-refractivity contribution in [1.29, 1.82) is 0 Å². The third-order valence-corrected chi connectivity index (χ3v) is 4.10. The molecule has 3 heteroatoms. The SMILES string of the molecule is CCNC(c1cccc(OCC)c1)c1cc(C)ccc1Br. The number of aryl methyl sites for hydroxylation is 1. The van der Waals surface area contributed by atoms with Crippen molar-refractivity contribution in [2.45, 2.75) is 26.8 Å². The lowest BCUT2D eigenvalue weighted by Crippen LogP contribution is -2.22. The van der Waals surface area contributed by atoms with Crippen molar-refractivity contribution in [3.8, 4) is 5.75 Å². The van der Waals surface area contributed by atoms with Crippen LogP contribution in [0.1, 0.15) is 36.6 Å². The molecule has 0 radical (unpaired) electrons. The van der Waals surface area contributed by atoms with Gasteiger partial charge in [-0.25, -0.2) is 0 Å². The molecule has 0 aliphatic carbocycles. The molecule has 1 unspecified atom stereocenters. The molecule has 0 aliphatic rings. The van der Waals surface area contributed by atoms with E-state index >= 15 is 0 Å². The van der Waals surface area contributed by atoms with Gasteiger partial charge in [0.15, 0.2) is 0 Å². The van der Waals surface area contributed by atoms with E-state index in [2.05, 4.69) is 65.4 Å². The van der Waals surface area contributed by atoms with Gasteiger partial charge in [0.25, 0.3) is 0 Å². The Kier molecular flexibility index (Phi) is 5.83. The monoisotopic (exact) mass is 347 g/mol. The van der Waals surface area contributed by atoms with Crippen LogP contribution in [-0.4, -0.2) is 13.2 Å². The molecular weight excluding hydrogens is 326 g/mol. The first kappa shape index (κ1) is 16.1. The lowest BCUT2D eigenvalue weighted by atomic mass is 9.97. The van der Waals surface area contributed by atoms with E-state index in [0.29, 0.717) is 6.61 Å². The summed E-state index contributed by atoms with van der Waals surface area (Å²) < 4.78 is 6.75. The first-order chi connectivity index (χ1) is 10.2. The Hall–Kier alpha value is -1.32. The molecule has 112 valence electrons. The van der Waals surface area contributed by atoms with Crippen molar-refractivity contribution >= 4 is 15.9 Å². The van der Waals surface area contributed by atoms with Gasteiger partial charge < -0.3 is 10.1 Å². The highest BCUT2D eigenvalue weighted by molar-refractivity contribution is 9.10. The fraction of sp³-hybridized carbons (Fsp3) is 0.333. The van der Waals surface area contributed by atoms with Crippen LogP contribution in [-0.2, 0) is 0 Å². The topological polar surface area (TPSA) is 21.3 Å². The summed E-state index contributed by atoms with van der Waals surface area (Å²) in [7, 11) is 0. The van der Waals surface area contributed by atoms with Crippen LogP contribution in [0.3, 0.4) is 0 Å². The summed E-state index contributed by atoms with van der Waals surface area (Å²) in [6.45, 7) is 7.84. The van der Waals surface area contributed by atoms with Crippen LogP contribution in [0.2, 0.25) is 0 Å². The molecule has 1 atom stereocenters. The van der Waals surface area contributed by atoms with E-state index in [1.54, 1.807) is 0 Å². The lowest BCUT2D eigenvalue weighted by Gasteiger charge is -2.21. The number of hydrogen-bond donors (Lipinski definition) is 1. The average Bonchev–Trinajstić information content (AvgIpc) is 2.48. The molecule has 0 heterocycles. The number of benzene rings is 2. The molecule has 0 saturated carbocycles. The number of ether oxygens (including phenoxy) is 1. The van der Waals surface area contributed by atoms with Crippen LogP contribution in [0.4, 0.5) is 0 Å². The van der Waals surface area contributed by atoms with Gasteiger partial charge in [-0.1, -0.05) is 52.7 Å². The molecule has 0 aliphatic heterocycles. The van der Waals surface area contributed by atoms with Gasteiger partial charge >= 0.3 is 0 Å². The summed E-state index contributed by atoms with van der Waals surface area (Å²) >= 11 is 3.68. The molecule has 0 aromatic heterocycles. The predicted octanol–water partition coefficient (Wildman–Crippen LogP) is 4.86. The van der Waals surface area contributed by atoms with E-state index in [4.69, 9.17) is 4.74 Å². The number of halogens is 1. The minimum atomic E-state index is 0.157. The van der Waals surface area contributed by atoms with Crippen LogP contribution in [0.25, 0.3) is 0 Å². The van der Waals surface area contributed by atoms with Crippen molar-refractivity contribution in [3.63, 3.8) is 0 Å². The maximum absolute atomic E-state index is 5.63. The van der Waals surface area contributed by atoms with Gasteiger partial charge in [-0.2, -0.15) is 0 Å². The zero-order chi connectivity index (χ0) is 15.2. The molecule has 0 spiro atoms. The molecule has 0 amide bonds. The smallest absolute Gasteiger partial charge is 0.119 e. The molecule has 1 N–H and O–H groups in total. The molecular formula is C18H22BrNO. The molecule has 2 aromatic carbocycles. The van der Waals surface area contributed by atoms with Crippen LogP contribution < -0.4 is 10.1 Å². The first-order valence-corrected chi connectivity index (χ1v) is 8.17. The predicted molar refractivity (Wildman–Crippen MR) is 92.0 cm³/mol. The standard InChI is InChI=1S/C18H22BrNO/c1-4-20-18(16-11-13(3)9-10-17(16)19)14-7-6-8-15(12-14)21-5-2/h6-12,18,20H,4-5H2,1-3H3. The molecule has 0 bridgehead atoms. The minimum Gasteiger partial charge on any atom is -0.494 e. The Bertz CT molecular complexity index is 598. The zero-order valence-electron chi connectivity index (χ0n) is 12.8. The van der Waals surface area contributed by atoms with Crippen LogP contribution >= 0.6 is 15.9 Å². The maximum Gasteiger partial charge on any atom is 0.119 e. The largest absolute Gasteiger partial charge is 0.494 e. The summed E-state index contributed by atoms with van der Waals surface area (Å²) in [5, 5.41) is 3.57. The van der Waals surface area contributed by atoms with Crippen molar-refractivity contribution in [1.82, 2.24) is 5.32 Å². The van der Waals surface area contributed by atoms with Crippen LogP contribution in [0.5, 0.6) is 5.75 Å². The van der Waals surface area contributed by atoms with E-state index in [9.17, 15) is 0 Å². The van der Waals surface area contributed by atoms with Gasteiger partial charge in [0.1, 0.15) is 5.75 Å². The number of rotatable bonds is 6. The second kappa shape index (κ2) is 7.62. The minimum absolute atomic E-state index is 0.157. The van der Waals surface area contributed by atoms with Crippen LogP contribution in [0.15, 0.2) is 46.9 Å². The Morgan fingerprint density at radius 3 is 2.67 bits per heavy atom. The van der Waals surface area contributed by atoms with Gasteiger partial charge in [-0.15, -0.1) is 0 Å². The molecule has 2 aromatic rings. The second-order valence-corrected chi connectivity index (χ2v) is 5.88. The lowest BCUT2D eigenvalue weighted by molar-refractivity contribution is 0.339. The maximum atomic E-state index is 5.63. The van der Waals surface area contributed by atoms with Gasteiger partial charge in [0, 0.05) is 4.47 Å². The summed E-state index contributed by atoms with van der Waals surface area (Å²) in [6.07, 6.45) is 0. The third kappa shape index (κ3) is 4.08.